The summed E-state index contributed by atoms with van der Waals surface area (Å²) in [6.07, 6.45) is 0. The molecular formula is C16H18N3O2S2+. The quantitative estimate of drug-likeness (QED) is 0.885. The van der Waals surface area contributed by atoms with Crippen molar-refractivity contribution >= 4 is 21.4 Å². The van der Waals surface area contributed by atoms with Gasteiger partial charge in [-0.25, -0.2) is 8.42 Å². The van der Waals surface area contributed by atoms with Crippen LogP contribution in [-0.2, 0) is 16.6 Å². The largest absolute Gasteiger partial charge is 0.328 e. The molecule has 1 N–H and O–H groups in total. The molecule has 0 amide bonds. The minimum absolute atomic E-state index is 0.262. The predicted octanol–water partition coefficient (Wildman–Crippen LogP) is 0.709. The van der Waals surface area contributed by atoms with Crippen molar-refractivity contribution in [1.82, 2.24) is 4.31 Å². The molecule has 2 aromatic rings. The van der Waals surface area contributed by atoms with E-state index in [-0.39, 0.29) is 4.90 Å². The Kier molecular flexibility index (Phi) is 4.78. The molecule has 0 spiro atoms. The Hall–Kier alpha value is -1.72. The van der Waals surface area contributed by atoms with Crippen LogP contribution in [0.2, 0.25) is 0 Å². The molecule has 23 heavy (non-hydrogen) atoms. The molecule has 0 aliphatic carbocycles. The number of thiophene rings is 1. The van der Waals surface area contributed by atoms with Gasteiger partial charge in [-0.2, -0.15) is 9.57 Å². The van der Waals surface area contributed by atoms with Crippen molar-refractivity contribution in [3.63, 3.8) is 0 Å². The minimum Gasteiger partial charge on any atom is -0.328 e. The molecule has 1 fully saturated rings. The summed E-state index contributed by atoms with van der Waals surface area (Å²) in [6.45, 7) is 3.65. The fourth-order valence-corrected chi connectivity index (χ4v) is 4.95. The molecular weight excluding hydrogens is 330 g/mol. The molecule has 120 valence electrons. The second kappa shape index (κ2) is 6.81. The van der Waals surface area contributed by atoms with E-state index >= 15 is 0 Å². The Morgan fingerprint density at radius 2 is 1.87 bits per heavy atom. The molecule has 0 radical (unpaired) electrons. The molecule has 7 heteroatoms. The van der Waals surface area contributed by atoms with Crippen molar-refractivity contribution < 1.29 is 13.3 Å². The monoisotopic (exact) mass is 348 g/mol. The van der Waals surface area contributed by atoms with Gasteiger partial charge in [-0.3, -0.25) is 0 Å². The summed E-state index contributed by atoms with van der Waals surface area (Å²) in [5.41, 5.74) is 0.467. The molecule has 0 unspecified atom stereocenters. The maximum Gasteiger partial charge on any atom is 0.243 e. The van der Waals surface area contributed by atoms with E-state index < -0.39 is 10.0 Å². The van der Waals surface area contributed by atoms with Gasteiger partial charge in [-0.05, 0) is 35.7 Å². The molecule has 1 aromatic carbocycles. The summed E-state index contributed by atoms with van der Waals surface area (Å²) in [7, 11) is -3.46. The highest BCUT2D eigenvalue weighted by atomic mass is 32.2. The SMILES string of the molecule is N#Cc1ccc(S(=O)(=O)N2CC[NH+](Cc3cccs3)CC2)cc1. The van der Waals surface area contributed by atoms with Crippen molar-refractivity contribution in [2.24, 2.45) is 0 Å². The van der Waals surface area contributed by atoms with Gasteiger partial charge in [-0.1, -0.05) is 6.07 Å². The van der Waals surface area contributed by atoms with Gasteiger partial charge >= 0.3 is 0 Å². The van der Waals surface area contributed by atoms with Gasteiger partial charge in [0, 0.05) is 0 Å². The first kappa shape index (κ1) is 16.1. The van der Waals surface area contributed by atoms with Crippen LogP contribution < -0.4 is 4.90 Å². The molecule has 3 rings (SSSR count). The molecule has 1 aromatic heterocycles. The highest BCUT2D eigenvalue weighted by molar-refractivity contribution is 7.89. The number of quaternary nitrogens is 1. The van der Waals surface area contributed by atoms with E-state index in [0.717, 1.165) is 19.6 Å². The third-order valence-electron chi connectivity index (χ3n) is 4.06. The van der Waals surface area contributed by atoms with Crippen molar-refractivity contribution in [2.45, 2.75) is 11.4 Å². The maximum absolute atomic E-state index is 12.6. The van der Waals surface area contributed by atoms with Crippen LogP contribution in [0.4, 0.5) is 0 Å². The fourth-order valence-electron chi connectivity index (χ4n) is 2.73. The molecule has 1 aliphatic heterocycles. The van der Waals surface area contributed by atoms with Gasteiger partial charge in [0.2, 0.25) is 10.0 Å². The molecule has 2 heterocycles. The fraction of sp³-hybridized carbons (Fsp3) is 0.312. The van der Waals surface area contributed by atoms with E-state index in [1.807, 2.05) is 12.1 Å². The number of nitriles is 1. The van der Waals surface area contributed by atoms with Crippen LogP contribution in [0.1, 0.15) is 10.4 Å². The summed E-state index contributed by atoms with van der Waals surface area (Å²) in [5, 5.41) is 10.9. The van der Waals surface area contributed by atoms with Crippen LogP contribution in [0.3, 0.4) is 0 Å². The van der Waals surface area contributed by atoms with E-state index in [2.05, 4.69) is 11.4 Å². The normalized spacial score (nSPS) is 17.0. The first-order chi connectivity index (χ1) is 11.1. The van der Waals surface area contributed by atoms with Gasteiger partial charge in [0.15, 0.2) is 0 Å². The van der Waals surface area contributed by atoms with E-state index in [0.29, 0.717) is 18.7 Å². The highest BCUT2D eigenvalue weighted by Gasteiger charge is 2.30. The first-order valence-electron chi connectivity index (χ1n) is 7.46. The summed E-state index contributed by atoms with van der Waals surface area (Å²) in [4.78, 5) is 3.01. The van der Waals surface area contributed by atoms with E-state index in [1.165, 1.54) is 21.9 Å². The van der Waals surface area contributed by atoms with E-state index in [1.54, 1.807) is 27.8 Å². The zero-order valence-electron chi connectivity index (χ0n) is 12.6. The maximum atomic E-state index is 12.6. The van der Waals surface area contributed by atoms with Crippen molar-refractivity contribution in [2.75, 3.05) is 26.2 Å². The summed E-state index contributed by atoms with van der Waals surface area (Å²) in [5.74, 6) is 0. The standard InChI is InChI=1S/C16H17N3O2S2/c17-12-14-3-5-16(6-4-14)23(20,21)19-9-7-18(8-10-19)13-15-2-1-11-22-15/h1-6,11H,7-10,13H2/p+1. The highest BCUT2D eigenvalue weighted by Crippen LogP contribution is 2.16. The summed E-state index contributed by atoms with van der Waals surface area (Å²) in [6, 6.07) is 12.3. The third-order valence-corrected chi connectivity index (χ3v) is 6.84. The number of piperazine rings is 1. The molecule has 0 saturated carbocycles. The van der Waals surface area contributed by atoms with Crippen molar-refractivity contribution in [3.05, 3.63) is 52.2 Å². The topological polar surface area (TPSA) is 65.6 Å². The number of rotatable bonds is 4. The zero-order chi connectivity index (χ0) is 16.3. The number of sulfonamides is 1. The van der Waals surface area contributed by atoms with Gasteiger partial charge in [0.1, 0.15) is 6.54 Å². The van der Waals surface area contributed by atoms with Crippen molar-refractivity contribution in [1.29, 1.82) is 5.26 Å². The second-order valence-corrected chi connectivity index (χ2v) is 8.52. The molecule has 0 bridgehead atoms. The van der Waals surface area contributed by atoms with Crippen LogP contribution in [0, 0.1) is 11.3 Å². The van der Waals surface area contributed by atoms with Crippen LogP contribution in [-0.4, -0.2) is 38.9 Å². The van der Waals surface area contributed by atoms with Gasteiger partial charge < -0.3 is 4.90 Å². The minimum atomic E-state index is -3.46. The Balaban J connectivity index is 1.65. The van der Waals surface area contributed by atoms with Gasteiger partial charge in [0.25, 0.3) is 0 Å². The number of benzene rings is 1. The smallest absolute Gasteiger partial charge is 0.243 e. The lowest BCUT2D eigenvalue weighted by Gasteiger charge is -2.31. The third kappa shape index (κ3) is 3.62. The zero-order valence-corrected chi connectivity index (χ0v) is 14.2. The van der Waals surface area contributed by atoms with Gasteiger partial charge in [-0.15, -0.1) is 11.3 Å². The van der Waals surface area contributed by atoms with E-state index in [9.17, 15) is 8.42 Å². The predicted molar refractivity (Wildman–Crippen MR) is 88.6 cm³/mol. The average molecular weight is 348 g/mol. The molecule has 1 aliphatic rings. The lowest BCUT2D eigenvalue weighted by Crippen LogP contribution is -3.13. The Bertz CT molecular complexity index is 785. The van der Waals surface area contributed by atoms with Crippen LogP contribution in [0.15, 0.2) is 46.7 Å². The molecule has 5 nitrogen and oxygen atoms in total. The van der Waals surface area contributed by atoms with Gasteiger partial charge in [0.05, 0.1) is 47.6 Å². The van der Waals surface area contributed by atoms with Crippen LogP contribution >= 0.6 is 11.3 Å². The van der Waals surface area contributed by atoms with Crippen molar-refractivity contribution in [3.8, 4) is 6.07 Å². The molecule has 1 saturated heterocycles. The van der Waals surface area contributed by atoms with E-state index in [4.69, 9.17) is 5.26 Å². The first-order valence-corrected chi connectivity index (χ1v) is 9.78. The number of hydrogen-bond acceptors (Lipinski definition) is 4. The Labute approximate surface area is 140 Å². The summed E-state index contributed by atoms with van der Waals surface area (Å²) < 4.78 is 26.8. The molecule has 0 atom stereocenters. The second-order valence-electron chi connectivity index (χ2n) is 5.55. The number of nitrogens with one attached hydrogen (secondary N) is 1. The summed E-state index contributed by atoms with van der Waals surface area (Å²) >= 11 is 1.74. The Morgan fingerprint density at radius 1 is 1.17 bits per heavy atom. The van der Waals surface area contributed by atoms with Crippen LogP contribution in [0.25, 0.3) is 0 Å². The number of hydrogen-bond donors (Lipinski definition) is 1. The number of nitrogens with zero attached hydrogens (tertiary/aromatic N) is 2. The van der Waals surface area contributed by atoms with Crippen LogP contribution in [0.5, 0.6) is 0 Å². The lowest BCUT2D eigenvalue weighted by atomic mass is 10.2. The Morgan fingerprint density at radius 3 is 2.43 bits per heavy atom. The average Bonchev–Trinajstić information content (AvgIpc) is 3.08. The lowest BCUT2D eigenvalue weighted by molar-refractivity contribution is -0.917.